The molecule has 20 heavy (non-hydrogen) atoms. The zero-order chi connectivity index (χ0) is 13.9. The van der Waals surface area contributed by atoms with E-state index in [9.17, 15) is 4.79 Å². The first-order valence-electron chi connectivity index (χ1n) is 6.19. The highest BCUT2D eigenvalue weighted by Crippen LogP contribution is 2.30. The van der Waals surface area contributed by atoms with E-state index in [-0.39, 0.29) is 5.91 Å². The van der Waals surface area contributed by atoms with Gasteiger partial charge in [0.05, 0.1) is 6.20 Å². The quantitative estimate of drug-likeness (QED) is 0.764. The first kappa shape index (κ1) is 12.3. The minimum Gasteiger partial charge on any atom is -0.486 e. The molecule has 7 heteroatoms. The lowest BCUT2D eigenvalue weighted by Crippen LogP contribution is -2.23. The molecular weight excluding hydrogens is 260 g/mol. The van der Waals surface area contributed by atoms with Crippen LogP contribution in [0.25, 0.3) is 0 Å². The number of H-pyrrole nitrogens is 1. The summed E-state index contributed by atoms with van der Waals surface area (Å²) in [5, 5.41) is 9.18. The number of ether oxygens (including phenoxy) is 2. The number of nitrogens with zero attached hydrogens (tertiary/aromatic N) is 1. The molecule has 1 aromatic carbocycles. The molecule has 0 saturated heterocycles. The topological polar surface area (TPSA) is 102 Å². The molecule has 0 spiro atoms. The number of fused-ring (bicyclic) bond motifs is 1. The third-order valence-corrected chi connectivity index (χ3v) is 3.00. The zero-order valence-corrected chi connectivity index (χ0v) is 10.7. The maximum Gasteiger partial charge on any atom is 0.251 e. The SMILES string of the molecule is Nc1[nH]ncc1CNC(=O)c1ccc2c(c1)OCCO2. The number of hydrogen-bond donors (Lipinski definition) is 3. The zero-order valence-electron chi connectivity index (χ0n) is 10.7. The highest BCUT2D eigenvalue weighted by Gasteiger charge is 2.15. The summed E-state index contributed by atoms with van der Waals surface area (Å²) in [6.07, 6.45) is 1.58. The van der Waals surface area contributed by atoms with E-state index in [4.69, 9.17) is 15.2 Å². The van der Waals surface area contributed by atoms with Crippen LogP contribution in [0.5, 0.6) is 11.5 Å². The molecule has 0 bridgehead atoms. The van der Waals surface area contributed by atoms with Crippen molar-refractivity contribution in [3.63, 3.8) is 0 Å². The van der Waals surface area contributed by atoms with Gasteiger partial charge in [-0.15, -0.1) is 0 Å². The number of carbonyl (C=O) groups is 1. The molecule has 0 atom stereocenters. The predicted molar refractivity (Wildman–Crippen MR) is 71.6 cm³/mol. The molecule has 0 unspecified atom stereocenters. The summed E-state index contributed by atoms with van der Waals surface area (Å²) in [5.74, 6) is 1.49. The van der Waals surface area contributed by atoms with Crippen molar-refractivity contribution in [2.45, 2.75) is 6.54 Å². The Morgan fingerprint density at radius 3 is 2.90 bits per heavy atom. The lowest BCUT2D eigenvalue weighted by atomic mass is 10.1. The molecule has 4 N–H and O–H groups in total. The second-order valence-electron chi connectivity index (χ2n) is 4.35. The van der Waals surface area contributed by atoms with Crippen molar-refractivity contribution < 1.29 is 14.3 Å². The largest absolute Gasteiger partial charge is 0.486 e. The third-order valence-electron chi connectivity index (χ3n) is 3.00. The van der Waals surface area contributed by atoms with Crippen LogP contribution in [0.2, 0.25) is 0 Å². The Morgan fingerprint density at radius 2 is 2.15 bits per heavy atom. The molecule has 0 radical (unpaired) electrons. The van der Waals surface area contributed by atoms with Crippen molar-refractivity contribution in [1.29, 1.82) is 0 Å². The van der Waals surface area contributed by atoms with Gasteiger partial charge in [0.25, 0.3) is 5.91 Å². The summed E-state index contributed by atoms with van der Waals surface area (Å²) in [6, 6.07) is 5.10. The fourth-order valence-corrected chi connectivity index (χ4v) is 1.92. The van der Waals surface area contributed by atoms with Crippen LogP contribution in [0.15, 0.2) is 24.4 Å². The van der Waals surface area contributed by atoms with E-state index in [2.05, 4.69) is 15.5 Å². The van der Waals surface area contributed by atoms with Gasteiger partial charge in [0.2, 0.25) is 0 Å². The number of benzene rings is 1. The van der Waals surface area contributed by atoms with Crippen LogP contribution in [0, 0.1) is 0 Å². The number of hydrogen-bond acceptors (Lipinski definition) is 5. The van der Waals surface area contributed by atoms with E-state index in [1.165, 1.54) is 0 Å². The first-order valence-corrected chi connectivity index (χ1v) is 6.19. The van der Waals surface area contributed by atoms with Crippen molar-refractivity contribution in [3.8, 4) is 11.5 Å². The van der Waals surface area contributed by atoms with E-state index in [0.29, 0.717) is 42.6 Å². The Labute approximate surface area is 115 Å². The molecular formula is C13H14N4O3. The van der Waals surface area contributed by atoms with Crippen LogP contribution in [-0.4, -0.2) is 29.3 Å². The molecule has 0 fully saturated rings. The van der Waals surface area contributed by atoms with Gasteiger partial charge in [0.1, 0.15) is 19.0 Å². The van der Waals surface area contributed by atoms with Crippen LogP contribution >= 0.6 is 0 Å². The number of nitrogen functional groups attached to an aromatic ring is 1. The third kappa shape index (κ3) is 2.37. The Balaban J connectivity index is 1.69. The number of aromatic amines is 1. The van der Waals surface area contributed by atoms with E-state index in [0.717, 1.165) is 5.56 Å². The van der Waals surface area contributed by atoms with Gasteiger partial charge >= 0.3 is 0 Å². The normalized spacial score (nSPS) is 13.0. The Kier molecular flexibility index (Phi) is 3.16. The van der Waals surface area contributed by atoms with Crippen LogP contribution in [0.4, 0.5) is 5.82 Å². The number of anilines is 1. The molecule has 0 aliphatic carbocycles. The van der Waals surface area contributed by atoms with E-state index >= 15 is 0 Å². The first-order chi connectivity index (χ1) is 9.74. The van der Waals surface area contributed by atoms with Crippen molar-refractivity contribution in [3.05, 3.63) is 35.5 Å². The number of nitrogens with one attached hydrogen (secondary N) is 2. The fourth-order valence-electron chi connectivity index (χ4n) is 1.92. The summed E-state index contributed by atoms with van der Waals surface area (Å²) in [4.78, 5) is 12.1. The minimum absolute atomic E-state index is 0.206. The number of aromatic nitrogens is 2. The van der Waals surface area contributed by atoms with Gasteiger partial charge in [-0.3, -0.25) is 9.89 Å². The molecule has 1 aromatic heterocycles. The molecule has 2 aromatic rings. The molecule has 3 rings (SSSR count). The van der Waals surface area contributed by atoms with Crippen molar-refractivity contribution >= 4 is 11.7 Å². The lowest BCUT2D eigenvalue weighted by molar-refractivity contribution is 0.0949. The molecule has 0 saturated carbocycles. The molecule has 1 aliphatic heterocycles. The van der Waals surface area contributed by atoms with E-state index in [1.807, 2.05) is 0 Å². The van der Waals surface area contributed by atoms with Crippen LogP contribution < -0.4 is 20.5 Å². The van der Waals surface area contributed by atoms with Gasteiger partial charge in [-0.1, -0.05) is 0 Å². The smallest absolute Gasteiger partial charge is 0.251 e. The highest BCUT2D eigenvalue weighted by atomic mass is 16.6. The Bertz CT molecular complexity index is 638. The Hall–Kier alpha value is -2.70. The maximum atomic E-state index is 12.1. The van der Waals surface area contributed by atoms with Gasteiger partial charge < -0.3 is 20.5 Å². The van der Waals surface area contributed by atoms with Crippen LogP contribution in [0.1, 0.15) is 15.9 Å². The average Bonchev–Trinajstić information content (AvgIpc) is 2.89. The van der Waals surface area contributed by atoms with Crippen molar-refractivity contribution in [2.24, 2.45) is 0 Å². The van der Waals surface area contributed by atoms with Gasteiger partial charge in [-0.2, -0.15) is 5.10 Å². The summed E-state index contributed by atoms with van der Waals surface area (Å²) < 4.78 is 10.9. The number of amides is 1. The number of carbonyl (C=O) groups excluding carboxylic acids is 1. The number of nitrogens with two attached hydrogens (primary N) is 1. The summed E-state index contributed by atoms with van der Waals surface area (Å²) in [5.41, 5.74) is 6.91. The van der Waals surface area contributed by atoms with Crippen LogP contribution in [0.3, 0.4) is 0 Å². The summed E-state index contributed by atoms with van der Waals surface area (Å²) in [7, 11) is 0. The number of rotatable bonds is 3. The van der Waals surface area contributed by atoms with Crippen molar-refractivity contribution in [2.75, 3.05) is 18.9 Å². The summed E-state index contributed by atoms with van der Waals surface area (Å²) >= 11 is 0. The monoisotopic (exact) mass is 274 g/mol. The maximum absolute atomic E-state index is 12.1. The van der Waals surface area contributed by atoms with E-state index in [1.54, 1.807) is 24.4 Å². The lowest BCUT2D eigenvalue weighted by Gasteiger charge is -2.18. The molecule has 2 heterocycles. The minimum atomic E-state index is -0.206. The second-order valence-corrected chi connectivity index (χ2v) is 4.35. The standard InChI is InChI=1S/C13H14N4O3/c14-12-9(7-16-17-12)6-15-13(18)8-1-2-10-11(5-8)20-4-3-19-10/h1-2,5,7H,3-4,6H2,(H,15,18)(H3,14,16,17). The molecule has 1 aliphatic rings. The highest BCUT2D eigenvalue weighted by molar-refractivity contribution is 5.94. The average molecular weight is 274 g/mol. The Morgan fingerprint density at radius 1 is 1.35 bits per heavy atom. The summed E-state index contributed by atoms with van der Waals surface area (Å²) in [6.45, 7) is 1.33. The van der Waals surface area contributed by atoms with Gasteiger partial charge in [0.15, 0.2) is 11.5 Å². The second kappa shape index (κ2) is 5.12. The van der Waals surface area contributed by atoms with Gasteiger partial charge in [0, 0.05) is 17.7 Å². The van der Waals surface area contributed by atoms with Crippen molar-refractivity contribution in [1.82, 2.24) is 15.5 Å². The van der Waals surface area contributed by atoms with Gasteiger partial charge in [-0.05, 0) is 18.2 Å². The van der Waals surface area contributed by atoms with E-state index < -0.39 is 0 Å². The van der Waals surface area contributed by atoms with Gasteiger partial charge in [-0.25, -0.2) is 0 Å². The molecule has 104 valence electrons. The molecule has 1 amide bonds. The predicted octanol–water partition coefficient (Wildman–Crippen LogP) is 0.693. The fraction of sp³-hybridized carbons (Fsp3) is 0.231. The van der Waals surface area contributed by atoms with Crippen LogP contribution in [-0.2, 0) is 6.54 Å². The molecule has 7 nitrogen and oxygen atoms in total.